The van der Waals surface area contributed by atoms with Crippen molar-refractivity contribution < 1.29 is 4.39 Å². The number of rotatable bonds is 6. The second-order valence-electron chi connectivity index (χ2n) is 6.07. The van der Waals surface area contributed by atoms with E-state index in [1.165, 1.54) is 11.1 Å². The summed E-state index contributed by atoms with van der Waals surface area (Å²) in [4.78, 5) is 0. The summed E-state index contributed by atoms with van der Waals surface area (Å²) in [6.45, 7) is 1.73. The van der Waals surface area contributed by atoms with Crippen LogP contribution in [0.1, 0.15) is 36.0 Å². The zero-order valence-corrected chi connectivity index (χ0v) is 13.4. The van der Waals surface area contributed by atoms with Crippen molar-refractivity contribution in [2.45, 2.75) is 37.9 Å². The predicted molar refractivity (Wildman–Crippen MR) is 89.9 cm³/mol. The highest BCUT2D eigenvalue weighted by Gasteiger charge is 2.38. The van der Waals surface area contributed by atoms with Crippen LogP contribution in [0.3, 0.4) is 0 Å². The molecule has 0 spiro atoms. The standard InChI is InChI=1S/C19H21ClFN/c20-18-8-4-15(5-9-18)10-13-22-14-16-2-6-17(7-3-16)19(21)11-1-12-19/h2-9,22H,1,10-14H2. The molecule has 0 aliphatic heterocycles. The molecule has 0 bridgehead atoms. The minimum absolute atomic E-state index is 0.672. The Bertz CT molecular complexity index is 602. The lowest BCUT2D eigenvalue weighted by molar-refractivity contribution is 0.0609. The molecule has 2 aromatic rings. The highest BCUT2D eigenvalue weighted by atomic mass is 35.5. The zero-order chi connectivity index (χ0) is 15.4. The molecule has 0 heterocycles. The summed E-state index contributed by atoms with van der Waals surface area (Å²) in [6.07, 6.45) is 3.32. The highest BCUT2D eigenvalue weighted by molar-refractivity contribution is 6.30. The molecule has 0 saturated heterocycles. The van der Waals surface area contributed by atoms with Gasteiger partial charge in [0, 0.05) is 11.6 Å². The molecule has 3 heteroatoms. The van der Waals surface area contributed by atoms with E-state index in [1.54, 1.807) is 0 Å². The minimum atomic E-state index is -1.06. The number of nitrogens with one attached hydrogen (secondary N) is 1. The molecule has 2 aromatic carbocycles. The second kappa shape index (κ2) is 6.80. The molecule has 0 radical (unpaired) electrons. The molecule has 1 saturated carbocycles. The summed E-state index contributed by atoms with van der Waals surface area (Å²) in [7, 11) is 0. The van der Waals surface area contributed by atoms with Crippen molar-refractivity contribution >= 4 is 11.6 Å². The lowest BCUT2D eigenvalue weighted by atomic mass is 9.77. The van der Waals surface area contributed by atoms with Crippen molar-refractivity contribution in [3.8, 4) is 0 Å². The molecular formula is C19H21ClFN. The Labute approximate surface area is 136 Å². The van der Waals surface area contributed by atoms with E-state index in [2.05, 4.69) is 17.4 Å². The van der Waals surface area contributed by atoms with Crippen LogP contribution >= 0.6 is 11.6 Å². The van der Waals surface area contributed by atoms with Gasteiger partial charge >= 0.3 is 0 Å². The minimum Gasteiger partial charge on any atom is -0.312 e. The van der Waals surface area contributed by atoms with Gasteiger partial charge in [-0.1, -0.05) is 48.0 Å². The third-order valence-electron chi connectivity index (χ3n) is 4.45. The molecule has 1 aliphatic rings. The van der Waals surface area contributed by atoms with Gasteiger partial charge in [0.25, 0.3) is 0 Å². The fraction of sp³-hybridized carbons (Fsp3) is 0.368. The largest absolute Gasteiger partial charge is 0.312 e. The van der Waals surface area contributed by atoms with Crippen LogP contribution < -0.4 is 5.32 Å². The van der Waals surface area contributed by atoms with E-state index < -0.39 is 5.67 Å². The second-order valence-corrected chi connectivity index (χ2v) is 6.51. The molecular weight excluding hydrogens is 297 g/mol. The molecule has 0 aromatic heterocycles. The summed E-state index contributed by atoms with van der Waals surface area (Å²) in [5.41, 5.74) is 2.25. The van der Waals surface area contributed by atoms with Crippen molar-refractivity contribution in [2.24, 2.45) is 0 Å². The number of hydrogen-bond donors (Lipinski definition) is 1. The summed E-state index contributed by atoms with van der Waals surface area (Å²) in [5.74, 6) is 0. The Balaban J connectivity index is 1.44. The SMILES string of the molecule is FC1(c2ccc(CNCCc3ccc(Cl)cc3)cc2)CCC1. The first kappa shape index (κ1) is 15.5. The third kappa shape index (κ3) is 3.68. The molecule has 22 heavy (non-hydrogen) atoms. The molecule has 1 fully saturated rings. The van der Waals surface area contributed by atoms with Gasteiger partial charge in [-0.15, -0.1) is 0 Å². The van der Waals surface area contributed by atoms with Crippen molar-refractivity contribution in [2.75, 3.05) is 6.54 Å². The molecule has 116 valence electrons. The van der Waals surface area contributed by atoms with Crippen LogP contribution in [0.4, 0.5) is 4.39 Å². The quantitative estimate of drug-likeness (QED) is 0.738. The van der Waals surface area contributed by atoms with Gasteiger partial charge in [-0.3, -0.25) is 0 Å². The highest BCUT2D eigenvalue weighted by Crippen LogP contribution is 2.44. The van der Waals surface area contributed by atoms with Gasteiger partial charge in [0.05, 0.1) is 0 Å². The Kier molecular flexibility index (Phi) is 4.80. The number of hydrogen-bond acceptors (Lipinski definition) is 1. The molecule has 0 amide bonds. The van der Waals surface area contributed by atoms with Gasteiger partial charge in [0.2, 0.25) is 0 Å². The van der Waals surface area contributed by atoms with Crippen molar-refractivity contribution in [1.29, 1.82) is 0 Å². The van der Waals surface area contributed by atoms with E-state index in [1.807, 2.05) is 36.4 Å². The first-order valence-corrected chi connectivity index (χ1v) is 8.27. The van der Waals surface area contributed by atoms with Crippen molar-refractivity contribution in [3.63, 3.8) is 0 Å². The van der Waals surface area contributed by atoms with E-state index in [9.17, 15) is 4.39 Å². The Morgan fingerprint density at radius 1 is 0.955 bits per heavy atom. The first-order chi connectivity index (χ1) is 10.7. The Hall–Kier alpha value is -1.38. The van der Waals surface area contributed by atoms with Crippen molar-refractivity contribution in [1.82, 2.24) is 5.32 Å². The Morgan fingerprint density at radius 3 is 2.18 bits per heavy atom. The first-order valence-electron chi connectivity index (χ1n) is 7.89. The zero-order valence-electron chi connectivity index (χ0n) is 12.6. The van der Waals surface area contributed by atoms with E-state index in [-0.39, 0.29) is 0 Å². The van der Waals surface area contributed by atoms with Gasteiger partial charge in [-0.05, 0) is 61.1 Å². The summed E-state index contributed by atoms with van der Waals surface area (Å²) in [6, 6.07) is 15.9. The van der Waals surface area contributed by atoms with Crippen LogP contribution in [0.2, 0.25) is 5.02 Å². The topological polar surface area (TPSA) is 12.0 Å². The van der Waals surface area contributed by atoms with Gasteiger partial charge in [-0.25, -0.2) is 4.39 Å². The maximum atomic E-state index is 14.3. The lowest BCUT2D eigenvalue weighted by Gasteiger charge is -2.34. The van der Waals surface area contributed by atoms with Gasteiger partial charge in [-0.2, -0.15) is 0 Å². The van der Waals surface area contributed by atoms with Crippen LogP contribution in [-0.2, 0) is 18.6 Å². The summed E-state index contributed by atoms with van der Waals surface area (Å²) in [5, 5.41) is 4.20. The molecule has 0 atom stereocenters. The van der Waals surface area contributed by atoms with Crippen LogP contribution in [0.25, 0.3) is 0 Å². The molecule has 1 aliphatic carbocycles. The average molecular weight is 318 g/mol. The van der Waals surface area contributed by atoms with Crippen LogP contribution in [0.15, 0.2) is 48.5 Å². The monoisotopic (exact) mass is 317 g/mol. The molecule has 1 N–H and O–H groups in total. The van der Waals surface area contributed by atoms with Gasteiger partial charge < -0.3 is 5.32 Å². The lowest BCUT2D eigenvalue weighted by Crippen LogP contribution is -2.28. The maximum Gasteiger partial charge on any atom is 0.136 e. The predicted octanol–water partition coefficient (Wildman–Crippen LogP) is 5.02. The van der Waals surface area contributed by atoms with E-state index in [4.69, 9.17) is 11.6 Å². The normalized spacial score (nSPS) is 16.3. The smallest absolute Gasteiger partial charge is 0.136 e. The third-order valence-corrected chi connectivity index (χ3v) is 4.70. The molecule has 1 nitrogen and oxygen atoms in total. The van der Waals surface area contributed by atoms with Crippen LogP contribution in [0, 0.1) is 0 Å². The number of halogens is 2. The van der Waals surface area contributed by atoms with Gasteiger partial charge in [0.15, 0.2) is 0 Å². The summed E-state index contributed by atoms with van der Waals surface area (Å²) < 4.78 is 14.3. The number of benzene rings is 2. The summed E-state index contributed by atoms with van der Waals surface area (Å²) >= 11 is 5.87. The average Bonchev–Trinajstić information content (AvgIpc) is 2.51. The van der Waals surface area contributed by atoms with Crippen LogP contribution in [-0.4, -0.2) is 6.54 Å². The Morgan fingerprint density at radius 2 is 1.59 bits per heavy atom. The number of alkyl halides is 1. The molecule has 0 unspecified atom stereocenters. The maximum absolute atomic E-state index is 14.3. The van der Waals surface area contributed by atoms with Crippen LogP contribution in [0.5, 0.6) is 0 Å². The fourth-order valence-electron chi connectivity index (χ4n) is 2.81. The fourth-order valence-corrected chi connectivity index (χ4v) is 2.94. The van der Waals surface area contributed by atoms with Gasteiger partial charge in [0.1, 0.15) is 5.67 Å². The van der Waals surface area contributed by atoms with E-state index in [0.29, 0.717) is 12.8 Å². The van der Waals surface area contributed by atoms with Crippen molar-refractivity contribution in [3.05, 3.63) is 70.2 Å². The van der Waals surface area contributed by atoms with E-state index >= 15 is 0 Å². The molecule has 3 rings (SSSR count). The van der Waals surface area contributed by atoms with E-state index in [0.717, 1.165) is 36.5 Å².